The largest absolute Gasteiger partial charge is 0.386 e. The first-order valence-electron chi connectivity index (χ1n) is 3.64. The predicted molar refractivity (Wildman–Crippen MR) is 43.2 cm³/mol. The number of aryl methyl sites for hydroxylation is 2. The van der Waals surface area contributed by atoms with Gasteiger partial charge < -0.3 is 5.11 Å². The summed E-state index contributed by atoms with van der Waals surface area (Å²) in [5.41, 5.74) is 0.998. The van der Waals surface area contributed by atoms with Crippen molar-refractivity contribution in [1.29, 1.82) is 0 Å². The molecule has 0 aliphatic carbocycles. The molecule has 0 atom stereocenters. The minimum atomic E-state index is -0.779. The fourth-order valence-electron chi connectivity index (χ4n) is 1.20. The van der Waals surface area contributed by atoms with E-state index < -0.39 is 5.60 Å². The van der Waals surface area contributed by atoms with Crippen LogP contribution in [0.3, 0.4) is 0 Å². The molecule has 1 rings (SSSR count). The molecule has 0 aliphatic heterocycles. The highest BCUT2D eigenvalue weighted by molar-refractivity contribution is 5.21. The summed E-state index contributed by atoms with van der Waals surface area (Å²) >= 11 is 0. The molecular weight excluding hydrogens is 140 g/mol. The molecule has 0 fully saturated rings. The fourth-order valence-corrected chi connectivity index (χ4v) is 1.20. The molecule has 1 N–H and O–H groups in total. The highest BCUT2D eigenvalue weighted by Gasteiger charge is 2.20. The molecule has 3 heteroatoms. The number of nitrogens with zero attached hydrogens (tertiary/aromatic N) is 2. The average Bonchev–Trinajstić information content (AvgIpc) is 2.08. The van der Waals surface area contributed by atoms with Gasteiger partial charge in [0.1, 0.15) is 0 Å². The van der Waals surface area contributed by atoms with Crippen molar-refractivity contribution in [3.8, 4) is 0 Å². The summed E-state index contributed by atoms with van der Waals surface area (Å²) in [6.07, 6.45) is 1.84. The molecule has 0 unspecified atom stereocenters. The maximum Gasteiger partial charge on any atom is 0.0873 e. The minimum absolute atomic E-state index is 0.779. The molecule has 3 nitrogen and oxygen atoms in total. The number of aliphatic hydroxyl groups is 1. The van der Waals surface area contributed by atoms with Gasteiger partial charge in [0.25, 0.3) is 0 Å². The van der Waals surface area contributed by atoms with Gasteiger partial charge in [0.15, 0.2) is 0 Å². The molecule has 11 heavy (non-hydrogen) atoms. The van der Waals surface area contributed by atoms with Crippen molar-refractivity contribution >= 4 is 0 Å². The summed E-state index contributed by atoms with van der Waals surface area (Å²) in [5.74, 6) is 0. The third-order valence-corrected chi connectivity index (χ3v) is 1.67. The second-order valence-electron chi connectivity index (χ2n) is 3.36. The van der Waals surface area contributed by atoms with Crippen LogP contribution in [0.4, 0.5) is 0 Å². The van der Waals surface area contributed by atoms with Gasteiger partial charge in [-0.2, -0.15) is 5.10 Å². The van der Waals surface area contributed by atoms with E-state index in [2.05, 4.69) is 5.10 Å². The predicted octanol–water partition coefficient (Wildman–Crippen LogP) is 0.956. The molecule has 1 heterocycles. The lowest BCUT2D eigenvalue weighted by Crippen LogP contribution is -2.15. The smallest absolute Gasteiger partial charge is 0.0873 e. The standard InChI is InChI=1S/C8H14N2O/c1-6-7(8(2,3)11)5-10(4)9-6/h5,11H,1-4H3. The molecule has 1 aromatic heterocycles. The number of hydrogen-bond acceptors (Lipinski definition) is 2. The lowest BCUT2D eigenvalue weighted by atomic mass is 10.00. The molecule has 0 radical (unpaired) electrons. The van der Waals surface area contributed by atoms with Crippen LogP contribution in [0.2, 0.25) is 0 Å². The van der Waals surface area contributed by atoms with Gasteiger partial charge in [0.2, 0.25) is 0 Å². The third kappa shape index (κ3) is 1.60. The van der Waals surface area contributed by atoms with Crippen LogP contribution in [-0.2, 0) is 12.6 Å². The van der Waals surface area contributed by atoms with E-state index in [0.717, 1.165) is 11.3 Å². The zero-order valence-corrected chi connectivity index (χ0v) is 7.42. The SMILES string of the molecule is Cc1nn(C)cc1C(C)(C)O. The Bertz CT molecular complexity index is 258. The van der Waals surface area contributed by atoms with E-state index >= 15 is 0 Å². The van der Waals surface area contributed by atoms with E-state index in [4.69, 9.17) is 0 Å². The molecule has 0 aliphatic rings. The molecule has 0 saturated carbocycles. The van der Waals surface area contributed by atoms with Gasteiger partial charge in [-0.3, -0.25) is 4.68 Å². The Morgan fingerprint density at radius 1 is 1.55 bits per heavy atom. The molecule has 1 aromatic rings. The Morgan fingerprint density at radius 2 is 2.09 bits per heavy atom. The van der Waals surface area contributed by atoms with E-state index in [1.807, 2.05) is 20.2 Å². The summed E-state index contributed by atoms with van der Waals surface area (Å²) in [6, 6.07) is 0. The van der Waals surface area contributed by atoms with Crippen molar-refractivity contribution < 1.29 is 5.11 Å². The molecule has 0 saturated heterocycles. The van der Waals surface area contributed by atoms with Crippen molar-refractivity contribution in [2.24, 2.45) is 7.05 Å². The summed E-state index contributed by atoms with van der Waals surface area (Å²) in [4.78, 5) is 0. The first-order valence-corrected chi connectivity index (χ1v) is 3.64. The van der Waals surface area contributed by atoms with Crippen LogP contribution in [0.5, 0.6) is 0 Å². The molecule has 0 bridgehead atoms. The van der Waals surface area contributed by atoms with Crippen LogP contribution in [-0.4, -0.2) is 14.9 Å². The van der Waals surface area contributed by atoms with E-state index in [1.54, 1.807) is 18.5 Å². The van der Waals surface area contributed by atoms with E-state index in [-0.39, 0.29) is 0 Å². The summed E-state index contributed by atoms with van der Waals surface area (Å²) in [5, 5.41) is 13.8. The van der Waals surface area contributed by atoms with Crippen LogP contribution in [0.25, 0.3) is 0 Å². The lowest BCUT2D eigenvalue weighted by Gasteiger charge is -2.15. The maximum absolute atomic E-state index is 9.63. The lowest BCUT2D eigenvalue weighted by molar-refractivity contribution is 0.0779. The van der Waals surface area contributed by atoms with Crippen LogP contribution in [0.1, 0.15) is 25.1 Å². The Morgan fingerprint density at radius 3 is 2.27 bits per heavy atom. The van der Waals surface area contributed by atoms with Crippen molar-refractivity contribution in [2.45, 2.75) is 26.4 Å². The van der Waals surface area contributed by atoms with Gasteiger partial charge in [-0.25, -0.2) is 0 Å². The van der Waals surface area contributed by atoms with Crippen molar-refractivity contribution in [2.75, 3.05) is 0 Å². The minimum Gasteiger partial charge on any atom is -0.386 e. The van der Waals surface area contributed by atoms with Gasteiger partial charge in [0, 0.05) is 18.8 Å². The van der Waals surface area contributed by atoms with Gasteiger partial charge in [-0.05, 0) is 20.8 Å². The van der Waals surface area contributed by atoms with Gasteiger partial charge >= 0.3 is 0 Å². The number of aromatic nitrogens is 2. The summed E-state index contributed by atoms with van der Waals surface area (Å²) in [6.45, 7) is 5.42. The van der Waals surface area contributed by atoms with Gasteiger partial charge in [-0.15, -0.1) is 0 Å². The molecule has 0 spiro atoms. The normalized spacial score (nSPS) is 12.1. The highest BCUT2D eigenvalue weighted by atomic mass is 16.3. The number of rotatable bonds is 1. The second-order valence-corrected chi connectivity index (χ2v) is 3.36. The third-order valence-electron chi connectivity index (χ3n) is 1.67. The average molecular weight is 154 g/mol. The monoisotopic (exact) mass is 154 g/mol. The topological polar surface area (TPSA) is 38.0 Å². The van der Waals surface area contributed by atoms with Crippen LogP contribution < -0.4 is 0 Å². The highest BCUT2D eigenvalue weighted by Crippen LogP contribution is 2.21. The van der Waals surface area contributed by atoms with Crippen molar-refractivity contribution in [1.82, 2.24) is 9.78 Å². The molecule has 62 valence electrons. The van der Waals surface area contributed by atoms with Gasteiger partial charge in [0.05, 0.1) is 11.3 Å². The zero-order valence-electron chi connectivity index (χ0n) is 7.42. The Labute approximate surface area is 66.7 Å². The quantitative estimate of drug-likeness (QED) is 0.654. The van der Waals surface area contributed by atoms with E-state index in [9.17, 15) is 5.11 Å². The van der Waals surface area contributed by atoms with Crippen molar-refractivity contribution in [3.05, 3.63) is 17.5 Å². The van der Waals surface area contributed by atoms with E-state index in [0.29, 0.717) is 0 Å². The van der Waals surface area contributed by atoms with E-state index in [1.165, 1.54) is 0 Å². The maximum atomic E-state index is 9.63. The van der Waals surface area contributed by atoms with Crippen LogP contribution in [0.15, 0.2) is 6.20 Å². The first-order chi connectivity index (χ1) is 4.91. The molecule has 0 aromatic carbocycles. The van der Waals surface area contributed by atoms with Crippen LogP contribution in [0, 0.1) is 6.92 Å². The molecular formula is C8H14N2O. The Kier molecular flexibility index (Phi) is 1.76. The fraction of sp³-hybridized carbons (Fsp3) is 0.625. The second kappa shape index (κ2) is 2.34. The Hall–Kier alpha value is -0.830. The van der Waals surface area contributed by atoms with Crippen molar-refractivity contribution in [3.63, 3.8) is 0 Å². The first kappa shape index (κ1) is 8.27. The molecule has 0 amide bonds. The van der Waals surface area contributed by atoms with Gasteiger partial charge in [-0.1, -0.05) is 0 Å². The summed E-state index contributed by atoms with van der Waals surface area (Å²) < 4.78 is 1.71. The number of hydrogen-bond donors (Lipinski definition) is 1. The van der Waals surface area contributed by atoms with Crippen LogP contribution >= 0.6 is 0 Å². The summed E-state index contributed by atoms with van der Waals surface area (Å²) in [7, 11) is 1.85. The Balaban J connectivity index is 3.13. The zero-order chi connectivity index (χ0) is 8.65.